The van der Waals surface area contributed by atoms with Crippen LogP contribution in [0.2, 0.25) is 0 Å². The molecule has 2 aromatic rings. The first-order valence-electron chi connectivity index (χ1n) is 6.08. The maximum absolute atomic E-state index is 12.6. The van der Waals surface area contributed by atoms with E-state index >= 15 is 0 Å². The molecule has 1 fully saturated rings. The lowest BCUT2D eigenvalue weighted by atomic mass is 10.2. The summed E-state index contributed by atoms with van der Waals surface area (Å²) < 4.78 is 43.2. The van der Waals surface area contributed by atoms with Crippen LogP contribution >= 0.6 is 0 Å². The molecule has 1 aliphatic rings. The smallest absolute Gasteiger partial charge is 0.416 e. The summed E-state index contributed by atoms with van der Waals surface area (Å²) in [6.07, 6.45) is -2.80. The Morgan fingerprint density at radius 2 is 1.90 bits per heavy atom. The average molecular weight is 280 g/mol. The van der Waals surface area contributed by atoms with Crippen molar-refractivity contribution in [1.29, 1.82) is 0 Å². The van der Waals surface area contributed by atoms with Crippen LogP contribution < -0.4 is 9.64 Å². The van der Waals surface area contributed by atoms with Gasteiger partial charge in [-0.25, -0.2) is 4.98 Å². The maximum atomic E-state index is 12.6. The number of rotatable bonds is 3. The molecule has 1 aliphatic heterocycles. The van der Waals surface area contributed by atoms with E-state index in [1.165, 1.54) is 12.1 Å². The zero-order chi connectivity index (χ0) is 14.2. The number of nitrogens with zero attached hydrogens (tertiary/aromatic N) is 2. The van der Waals surface area contributed by atoms with E-state index < -0.39 is 11.7 Å². The minimum Gasteiger partial charge on any atom is -0.439 e. The molecule has 0 N–H and O–H groups in total. The number of anilines is 1. The molecule has 0 bridgehead atoms. The Balaban J connectivity index is 1.82. The second-order valence-electron chi connectivity index (χ2n) is 4.47. The predicted octanol–water partition coefficient (Wildman–Crippen LogP) is 3.71. The van der Waals surface area contributed by atoms with Gasteiger partial charge in [0, 0.05) is 31.0 Å². The van der Waals surface area contributed by atoms with Gasteiger partial charge in [0.15, 0.2) is 0 Å². The van der Waals surface area contributed by atoms with Crippen LogP contribution in [0, 0.1) is 0 Å². The molecule has 20 heavy (non-hydrogen) atoms. The van der Waals surface area contributed by atoms with Gasteiger partial charge in [-0.1, -0.05) is 6.07 Å². The fraction of sp³-hybridized carbons (Fsp3) is 0.214. The fourth-order valence-electron chi connectivity index (χ4n) is 1.82. The summed E-state index contributed by atoms with van der Waals surface area (Å²) in [7, 11) is 0. The molecule has 0 spiro atoms. The number of benzene rings is 1. The lowest BCUT2D eigenvalue weighted by Gasteiger charge is -2.10. The lowest BCUT2D eigenvalue weighted by molar-refractivity contribution is -0.137. The molecule has 0 saturated carbocycles. The SMILES string of the molecule is FC(F)(F)c1cccc(Oc2cc(N3CC3)ccn2)c1. The Hall–Kier alpha value is -2.24. The molecule has 1 aromatic heterocycles. The summed E-state index contributed by atoms with van der Waals surface area (Å²) >= 11 is 0. The Kier molecular flexibility index (Phi) is 3.00. The second kappa shape index (κ2) is 4.70. The molecular formula is C14H11F3N2O. The van der Waals surface area contributed by atoms with Gasteiger partial charge in [-0.05, 0) is 24.3 Å². The second-order valence-corrected chi connectivity index (χ2v) is 4.47. The zero-order valence-corrected chi connectivity index (χ0v) is 10.4. The van der Waals surface area contributed by atoms with Gasteiger partial charge >= 0.3 is 6.18 Å². The van der Waals surface area contributed by atoms with Crippen LogP contribution in [0.25, 0.3) is 0 Å². The van der Waals surface area contributed by atoms with Gasteiger partial charge in [0.25, 0.3) is 0 Å². The average Bonchev–Trinajstić information content (AvgIpc) is 3.23. The molecule has 1 aromatic carbocycles. The first-order chi connectivity index (χ1) is 9.52. The normalized spacial score (nSPS) is 14.2. The minimum absolute atomic E-state index is 0.121. The van der Waals surface area contributed by atoms with Gasteiger partial charge in [-0.3, -0.25) is 0 Å². The first kappa shape index (κ1) is 12.8. The van der Waals surface area contributed by atoms with Crippen molar-refractivity contribution in [3.63, 3.8) is 0 Å². The zero-order valence-electron chi connectivity index (χ0n) is 10.4. The highest BCUT2D eigenvalue weighted by molar-refractivity contribution is 5.53. The number of pyridine rings is 1. The summed E-state index contributed by atoms with van der Waals surface area (Å²) in [5.41, 5.74) is 0.221. The number of halogens is 3. The summed E-state index contributed by atoms with van der Waals surface area (Å²) in [6, 6.07) is 8.31. The molecule has 0 unspecified atom stereocenters. The molecule has 1 saturated heterocycles. The molecule has 3 nitrogen and oxygen atoms in total. The van der Waals surface area contributed by atoms with Crippen LogP contribution in [-0.2, 0) is 6.18 Å². The molecule has 3 rings (SSSR count). The van der Waals surface area contributed by atoms with Gasteiger partial charge < -0.3 is 9.64 Å². The summed E-state index contributed by atoms with van der Waals surface area (Å²) in [5, 5.41) is 0. The van der Waals surface area contributed by atoms with E-state index in [0.29, 0.717) is 0 Å². The quantitative estimate of drug-likeness (QED) is 0.801. The fourth-order valence-corrected chi connectivity index (χ4v) is 1.82. The predicted molar refractivity (Wildman–Crippen MR) is 68.0 cm³/mol. The van der Waals surface area contributed by atoms with E-state index in [4.69, 9.17) is 4.74 Å². The largest absolute Gasteiger partial charge is 0.439 e. The topological polar surface area (TPSA) is 25.1 Å². The third kappa shape index (κ3) is 2.84. The Labute approximate surface area is 113 Å². The Morgan fingerprint density at radius 3 is 2.60 bits per heavy atom. The van der Waals surface area contributed by atoms with E-state index in [9.17, 15) is 13.2 Å². The highest BCUT2D eigenvalue weighted by Gasteiger charge is 2.30. The van der Waals surface area contributed by atoms with Gasteiger partial charge in [-0.2, -0.15) is 13.2 Å². The monoisotopic (exact) mass is 280 g/mol. The molecule has 2 heterocycles. The van der Waals surface area contributed by atoms with Crippen molar-refractivity contribution in [3.8, 4) is 11.6 Å². The third-order valence-corrected chi connectivity index (χ3v) is 2.91. The number of ether oxygens (including phenoxy) is 1. The van der Waals surface area contributed by atoms with Crippen LogP contribution in [0.15, 0.2) is 42.6 Å². The van der Waals surface area contributed by atoms with E-state index in [0.717, 1.165) is 30.9 Å². The molecule has 6 heteroatoms. The highest BCUT2D eigenvalue weighted by Crippen LogP contribution is 2.33. The van der Waals surface area contributed by atoms with Crippen LogP contribution in [0.4, 0.5) is 18.9 Å². The van der Waals surface area contributed by atoms with E-state index in [1.54, 1.807) is 12.3 Å². The number of hydrogen-bond donors (Lipinski definition) is 0. The Morgan fingerprint density at radius 1 is 1.10 bits per heavy atom. The van der Waals surface area contributed by atoms with Crippen LogP contribution in [0.3, 0.4) is 0 Å². The Bertz CT molecular complexity index is 624. The minimum atomic E-state index is -4.38. The van der Waals surface area contributed by atoms with Crippen molar-refractivity contribution in [2.24, 2.45) is 0 Å². The third-order valence-electron chi connectivity index (χ3n) is 2.91. The van der Waals surface area contributed by atoms with Gasteiger partial charge in [0.1, 0.15) is 5.75 Å². The number of aromatic nitrogens is 1. The van der Waals surface area contributed by atoms with Crippen molar-refractivity contribution >= 4 is 5.69 Å². The lowest BCUT2D eigenvalue weighted by Crippen LogP contribution is -2.04. The summed E-state index contributed by atoms with van der Waals surface area (Å²) in [4.78, 5) is 6.10. The summed E-state index contributed by atoms with van der Waals surface area (Å²) in [5.74, 6) is 0.406. The van der Waals surface area contributed by atoms with Gasteiger partial charge in [0.2, 0.25) is 5.88 Å². The van der Waals surface area contributed by atoms with E-state index in [-0.39, 0.29) is 11.6 Å². The van der Waals surface area contributed by atoms with E-state index in [2.05, 4.69) is 9.88 Å². The van der Waals surface area contributed by atoms with Crippen LogP contribution in [0.5, 0.6) is 11.6 Å². The summed E-state index contributed by atoms with van der Waals surface area (Å²) in [6.45, 7) is 1.96. The van der Waals surface area contributed by atoms with Gasteiger partial charge in [-0.15, -0.1) is 0 Å². The molecule has 0 aliphatic carbocycles. The van der Waals surface area contributed by atoms with Crippen LogP contribution in [-0.4, -0.2) is 18.1 Å². The van der Waals surface area contributed by atoms with Crippen LogP contribution in [0.1, 0.15) is 5.56 Å². The maximum Gasteiger partial charge on any atom is 0.416 e. The molecule has 0 radical (unpaired) electrons. The van der Waals surface area contributed by atoms with Crippen molar-refractivity contribution in [3.05, 3.63) is 48.2 Å². The molecule has 104 valence electrons. The van der Waals surface area contributed by atoms with Crippen molar-refractivity contribution in [2.45, 2.75) is 6.18 Å². The van der Waals surface area contributed by atoms with Gasteiger partial charge in [0.05, 0.1) is 5.56 Å². The van der Waals surface area contributed by atoms with Crippen molar-refractivity contribution in [1.82, 2.24) is 4.98 Å². The first-order valence-corrected chi connectivity index (χ1v) is 6.08. The standard InChI is InChI=1S/C14H11F3N2O/c15-14(16,17)10-2-1-3-12(8-10)20-13-9-11(4-5-18-13)19-6-7-19/h1-5,8-9H,6-7H2. The van der Waals surface area contributed by atoms with Crippen molar-refractivity contribution in [2.75, 3.05) is 18.0 Å². The molecule has 0 amide bonds. The van der Waals surface area contributed by atoms with Crippen molar-refractivity contribution < 1.29 is 17.9 Å². The highest BCUT2D eigenvalue weighted by atomic mass is 19.4. The molecule has 0 atom stereocenters. The molecular weight excluding hydrogens is 269 g/mol. The van der Waals surface area contributed by atoms with E-state index in [1.807, 2.05) is 6.07 Å². The number of alkyl halides is 3. The number of hydrogen-bond acceptors (Lipinski definition) is 3.